The molecule has 2 N–H and O–H groups in total. The number of rotatable bonds is 4. The molecule has 0 bridgehead atoms. The minimum absolute atomic E-state index is 0.0868. The van der Waals surface area contributed by atoms with Gasteiger partial charge in [0.15, 0.2) is 0 Å². The van der Waals surface area contributed by atoms with Crippen LogP contribution in [0.5, 0.6) is 0 Å². The Morgan fingerprint density at radius 1 is 1.39 bits per heavy atom. The van der Waals surface area contributed by atoms with E-state index >= 15 is 0 Å². The van der Waals surface area contributed by atoms with Crippen molar-refractivity contribution in [3.05, 3.63) is 35.6 Å². The fourth-order valence-electron chi connectivity index (χ4n) is 2.01. The molecule has 18 heavy (non-hydrogen) atoms. The maximum atomic E-state index is 12.9. The molecule has 1 aliphatic rings. The van der Waals surface area contributed by atoms with Crippen LogP contribution in [0.3, 0.4) is 0 Å². The van der Waals surface area contributed by atoms with Crippen LogP contribution in [-0.2, 0) is 10.2 Å². The number of nitrogens with one attached hydrogen (secondary N) is 1. The summed E-state index contributed by atoms with van der Waals surface area (Å²) in [5, 5.41) is 12.4. The van der Waals surface area contributed by atoms with Crippen molar-refractivity contribution in [1.82, 2.24) is 5.32 Å². The number of amides is 1. The second kappa shape index (κ2) is 4.35. The highest BCUT2D eigenvalue weighted by Crippen LogP contribution is 2.48. The van der Waals surface area contributed by atoms with E-state index in [0.717, 1.165) is 18.4 Å². The molecule has 1 fully saturated rings. The molecule has 4 heteroatoms. The normalized spacial score (nSPS) is 17.3. The predicted molar refractivity (Wildman–Crippen MR) is 66.6 cm³/mol. The third-order valence-electron chi connectivity index (χ3n) is 3.26. The van der Waals surface area contributed by atoms with Crippen molar-refractivity contribution in [3.8, 4) is 0 Å². The zero-order chi connectivity index (χ0) is 13.4. The van der Waals surface area contributed by atoms with Crippen molar-refractivity contribution in [2.24, 2.45) is 0 Å². The van der Waals surface area contributed by atoms with E-state index in [1.165, 1.54) is 12.1 Å². The van der Waals surface area contributed by atoms with Crippen LogP contribution in [0.15, 0.2) is 24.3 Å². The monoisotopic (exact) mass is 251 g/mol. The number of carbonyl (C=O) groups excluding carboxylic acids is 1. The molecule has 0 aliphatic heterocycles. The van der Waals surface area contributed by atoms with Gasteiger partial charge in [-0.05, 0) is 44.4 Å². The Hall–Kier alpha value is -1.42. The summed E-state index contributed by atoms with van der Waals surface area (Å²) in [4.78, 5) is 12.1. The Bertz CT molecular complexity index is 444. The van der Waals surface area contributed by atoms with Gasteiger partial charge in [-0.15, -0.1) is 0 Å². The van der Waals surface area contributed by atoms with E-state index in [9.17, 15) is 14.3 Å². The lowest BCUT2D eigenvalue weighted by Crippen LogP contribution is -2.42. The van der Waals surface area contributed by atoms with Crippen LogP contribution in [-0.4, -0.2) is 23.2 Å². The molecule has 0 unspecified atom stereocenters. The van der Waals surface area contributed by atoms with E-state index in [1.54, 1.807) is 26.0 Å². The highest BCUT2D eigenvalue weighted by molar-refractivity contribution is 5.91. The molecule has 0 heterocycles. The number of benzene rings is 1. The third-order valence-corrected chi connectivity index (χ3v) is 3.26. The second-order valence-electron chi connectivity index (χ2n) is 5.58. The summed E-state index contributed by atoms with van der Waals surface area (Å²) < 4.78 is 12.9. The highest BCUT2D eigenvalue weighted by atomic mass is 19.1. The summed E-state index contributed by atoms with van der Waals surface area (Å²) in [6.07, 6.45) is 1.55. The van der Waals surface area contributed by atoms with Crippen LogP contribution >= 0.6 is 0 Å². The lowest BCUT2D eigenvalue weighted by atomic mass is 9.94. The van der Waals surface area contributed by atoms with Gasteiger partial charge < -0.3 is 10.4 Å². The van der Waals surface area contributed by atoms with E-state index in [4.69, 9.17) is 0 Å². The molecule has 1 amide bonds. The van der Waals surface area contributed by atoms with E-state index in [-0.39, 0.29) is 18.3 Å². The van der Waals surface area contributed by atoms with Gasteiger partial charge in [0, 0.05) is 6.54 Å². The van der Waals surface area contributed by atoms with Gasteiger partial charge in [-0.1, -0.05) is 12.1 Å². The van der Waals surface area contributed by atoms with Crippen LogP contribution in [0, 0.1) is 5.82 Å². The summed E-state index contributed by atoms with van der Waals surface area (Å²) in [7, 11) is 0. The number of halogens is 1. The molecule has 1 aliphatic carbocycles. The van der Waals surface area contributed by atoms with Crippen LogP contribution in [0.1, 0.15) is 32.3 Å². The molecule has 3 nitrogen and oxygen atoms in total. The molecule has 2 rings (SSSR count). The number of hydrogen-bond donors (Lipinski definition) is 2. The molecule has 0 aromatic heterocycles. The highest BCUT2D eigenvalue weighted by Gasteiger charge is 2.51. The lowest BCUT2D eigenvalue weighted by Gasteiger charge is -2.21. The lowest BCUT2D eigenvalue weighted by molar-refractivity contribution is -0.124. The summed E-state index contributed by atoms with van der Waals surface area (Å²) in [6.45, 7) is 3.50. The van der Waals surface area contributed by atoms with Gasteiger partial charge in [0.05, 0.1) is 11.0 Å². The average Bonchev–Trinajstić information content (AvgIpc) is 3.07. The summed E-state index contributed by atoms with van der Waals surface area (Å²) in [5.74, 6) is -0.386. The third kappa shape index (κ3) is 2.70. The van der Waals surface area contributed by atoms with Gasteiger partial charge >= 0.3 is 0 Å². The zero-order valence-electron chi connectivity index (χ0n) is 10.7. The van der Waals surface area contributed by atoms with Crippen molar-refractivity contribution in [2.75, 3.05) is 6.54 Å². The molecular formula is C14H18FNO2. The molecule has 1 aromatic rings. The Morgan fingerprint density at radius 3 is 2.39 bits per heavy atom. The predicted octanol–water partition coefficient (Wildman–Crippen LogP) is 1.74. The first-order chi connectivity index (χ1) is 8.33. The first-order valence-electron chi connectivity index (χ1n) is 6.10. The van der Waals surface area contributed by atoms with E-state index in [1.807, 2.05) is 0 Å². The van der Waals surface area contributed by atoms with E-state index < -0.39 is 11.0 Å². The first kappa shape index (κ1) is 13.0. The van der Waals surface area contributed by atoms with Gasteiger partial charge in [0.25, 0.3) is 0 Å². The van der Waals surface area contributed by atoms with Crippen molar-refractivity contribution < 1.29 is 14.3 Å². The first-order valence-corrected chi connectivity index (χ1v) is 6.10. The summed E-state index contributed by atoms with van der Waals surface area (Å²) >= 11 is 0. The Kier molecular flexibility index (Phi) is 3.15. The summed E-state index contributed by atoms with van der Waals surface area (Å²) in [6, 6.07) is 6.06. The smallest absolute Gasteiger partial charge is 0.230 e. The average molecular weight is 251 g/mol. The van der Waals surface area contributed by atoms with Gasteiger partial charge in [0.1, 0.15) is 5.82 Å². The van der Waals surface area contributed by atoms with E-state index in [0.29, 0.717) is 0 Å². The Labute approximate surface area is 106 Å². The van der Waals surface area contributed by atoms with Crippen LogP contribution < -0.4 is 5.32 Å². The molecule has 0 radical (unpaired) electrons. The standard InChI is InChI=1S/C14H18FNO2/c1-13(2,18)9-16-12(17)14(7-8-14)10-3-5-11(15)6-4-10/h3-6,18H,7-9H2,1-2H3,(H,16,17). The number of hydrogen-bond acceptors (Lipinski definition) is 2. The maximum absolute atomic E-state index is 12.9. The SMILES string of the molecule is CC(C)(O)CNC(=O)C1(c2ccc(F)cc2)CC1. The van der Waals surface area contributed by atoms with Gasteiger partial charge in [-0.25, -0.2) is 4.39 Å². The molecule has 0 saturated heterocycles. The van der Waals surface area contributed by atoms with E-state index in [2.05, 4.69) is 5.32 Å². The Morgan fingerprint density at radius 2 is 1.94 bits per heavy atom. The summed E-state index contributed by atoms with van der Waals surface area (Å²) in [5.41, 5.74) is -0.592. The van der Waals surface area contributed by atoms with Crippen LogP contribution in [0.4, 0.5) is 4.39 Å². The topological polar surface area (TPSA) is 49.3 Å². The fraction of sp³-hybridized carbons (Fsp3) is 0.500. The molecule has 1 saturated carbocycles. The van der Waals surface area contributed by atoms with Crippen molar-refractivity contribution in [3.63, 3.8) is 0 Å². The quantitative estimate of drug-likeness (QED) is 0.856. The maximum Gasteiger partial charge on any atom is 0.230 e. The van der Waals surface area contributed by atoms with Gasteiger partial charge in [-0.2, -0.15) is 0 Å². The van der Waals surface area contributed by atoms with Crippen LogP contribution in [0.25, 0.3) is 0 Å². The molecule has 0 atom stereocenters. The van der Waals surface area contributed by atoms with Crippen molar-refractivity contribution in [1.29, 1.82) is 0 Å². The number of aliphatic hydroxyl groups is 1. The molecule has 1 aromatic carbocycles. The minimum Gasteiger partial charge on any atom is -0.389 e. The van der Waals surface area contributed by atoms with Gasteiger partial charge in [-0.3, -0.25) is 4.79 Å². The van der Waals surface area contributed by atoms with Crippen LogP contribution in [0.2, 0.25) is 0 Å². The van der Waals surface area contributed by atoms with Gasteiger partial charge in [0.2, 0.25) is 5.91 Å². The molecule has 0 spiro atoms. The van der Waals surface area contributed by atoms with Crippen molar-refractivity contribution >= 4 is 5.91 Å². The van der Waals surface area contributed by atoms with Crippen molar-refractivity contribution in [2.45, 2.75) is 37.7 Å². The fourth-order valence-corrected chi connectivity index (χ4v) is 2.01. The Balaban J connectivity index is 2.07. The second-order valence-corrected chi connectivity index (χ2v) is 5.58. The molecular weight excluding hydrogens is 233 g/mol. The number of carbonyl (C=O) groups is 1. The molecule has 98 valence electrons. The minimum atomic E-state index is -0.922. The largest absolute Gasteiger partial charge is 0.389 e. The zero-order valence-corrected chi connectivity index (χ0v) is 10.7.